The molecule has 21 heteroatoms. The van der Waals surface area contributed by atoms with Crippen LogP contribution in [0.15, 0.2) is 12.7 Å². The summed E-state index contributed by atoms with van der Waals surface area (Å²) >= 11 is 4.48. The molecule has 31 heavy (non-hydrogen) atoms. The number of rotatable bonds is 8. The number of aliphatic hydroxyl groups excluding tert-OH is 2. The fourth-order valence-corrected chi connectivity index (χ4v) is 6.59. The van der Waals surface area contributed by atoms with Crippen molar-refractivity contribution in [3.05, 3.63) is 12.7 Å². The molecular formula is C10H16N5O12P3S. The number of hydrogen-bond donors (Lipinski definition) is 7. The van der Waals surface area contributed by atoms with Gasteiger partial charge in [0.25, 0.3) is 0 Å². The lowest BCUT2D eigenvalue weighted by atomic mass is 10.1. The Hall–Kier alpha value is -0.940. The first-order valence-corrected chi connectivity index (χ1v) is 13.5. The van der Waals surface area contributed by atoms with Gasteiger partial charge in [0.2, 0.25) is 0 Å². The van der Waals surface area contributed by atoms with Gasteiger partial charge in [-0.2, -0.15) is 4.31 Å². The molecule has 0 amide bonds. The minimum atomic E-state index is -5.49. The minimum Gasteiger partial charge on any atom is -0.387 e. The van der Waals surface area contributed by atoms with Gasteiger partial charge in [-0.3, -0.25) is 4.57 Å². The largest absolute Gasteiger partial charge is 0.488 e. The third kappa shape index (κ3) is 5.90. The number of aromatic nitrogens is 4. The molecule has 1 fully saturated rings. The first kappa shape index (κ1) is 24.7. The summed E-state index contributed by atoms with van der Waals surface area (Å²) in [5.41, 5.74) is 6.10. The summed E-state index contributed by atoms with van der Waals surface area (Å²) < 4.78 is 41.3. The van der Waals surface area contributed by atoms with Gasteiger partial charge in [0.15, 0.2) is 17.7 Å². The summed E-state index contributed by atoms with van der Waals surface area (Å²) in [6, 6.07) is 0. The van der Waals surface area contributed by atoms with E-state index in [0.717, 1.165) is 6.33 Å². The quantitative estimate of drug-likeness (QED) is 0.193. The molecule has 0 aliphatic carbocycles. The molecule has 0 radical (unpaired) electrons. The molecule has 3 heterocycles. The molecule has 3 rings (SSSR count). The molecule has 1 aliphatic heterocycles. The van der Waals surface area contributed by atoms with E-state index in [1.165, 1.54) is 10.9 Å². The molecule has 1 saturated heterocycles. The van der Waals surface area contributed by atoms with Crippen molar-refractivity contribution in [3.8, 4) is 0 Å². The van der Waals surface area contributed by atoms with Crippen molar-refractivity contribution in [2.75, 3.05) is 12.3 Å². The Kier molecular flexibility index (Phi) is 6.99. The standard InChI is InChI=1S/C10H16N5O12P3S/c11-8-5-9(13-2-12-8)15(3-14-5)10-7(17)6(16)4(25-10)1-24-30(23,31)27-29(21,22)26-28(18,19)20/h2-4,6-7,10,16-17H,1H2,(H,21,22)(H,23,31)(H2,11,12,13)(H2,18,19,20)/i31+3. The zero-order valence-corrected chi connectivity index (χ0v) is 18.4. The Morgan fingerprint density at radius 1 is 1.13 bits per heavy atom. The van der Waals surface area contributed by atoms with E-state index in [1.807, 2.05) is 0 Å². The highest BCUT2D eigenvalue weighted by Crippen LogP contribution is 2.66. The van der Waals surface area contributed by atoms with Crippen LogP contribution in [0, 0.1) is 0 Å². The van der Waals surface area contributed by atoms with Crippen molar-refractivity contribution in [2.24, 2.45) is 0 Å². The molecule has 0 bridgehead atoms. The molecular weight excluding hydrogens is 510 g/mol. The number of phosphoric acid groups is 2. The molecule has 1 aliphatic rings. The van der Waals surface area contributed by atoms with Gasteiger partial charge in [-0.15, -0.1) is 0 Å². The SMILES string of the molecule is Nc1ncnc2c1ncn2C1OC(COP(O)(=[35S])OP(=O)(O)OP(=O)(O)O)C(O)C1O. The maximum absolute atomic E-state index is 11.5. The first-order valence-electron chi connectivity index (χ1n) is 7.92. The molecule has 6 atom stereocenters. The maximum atomic E-state index is 11.5. The van der Waals surface area contributed by atoms with Crippen LogP contribution in [-0.4, -0.2) is 74.2 Å². The number of nitrogen functional groups attached to an aromatic ring is 1. The Morgan fingerprint density at radius 2 is 1.81 bits per heavy atom. The van der Waals surface area contributed by atoms with Crippen molar-refractivity contribution in [1.82, 2.24) is 19.5 Å². The predicted molar refractivity (Wildman–Crippen MR) is 102 cm³/mol. The summed E-state index contributed by atoms with van der Waals surface area (Å²) in [5.74, 6) is 0.0701. The van der Waals surface area contributed by atoms with E-state index in [9.17, 15) is 29.1 Å². The highest BCUT2D eigenvalue weighted by atomic mass is 35.1. The average molecular weight is 526 g/mol. The van der Waals surface area contributed by atoms with Crippen LogP contribution in [0.2, 0.25) is 0 Å². The summed E-state index contributed by atoms with van der Waals surface area (Å²) in [4.78, 5) is 48.0. The van der Waals surface area contributed by atoms with Gasteiger partial charge in [0.1, 0.15) is 30.2 Å². The third-order valence-corrected chi connectivity index (χ3v) is 8.54. The van der Waals surface area contributed by atoms with Crippen LogP contribution >= 0.6 is 22.4 Å². The van der Waals surface area contributed by atoms with E-state index < -0.39 is 53.5 Å². The molecule has 17 nitrogen and oxygen atoms in total. The number of fused-ring (bicyclic) bond motifs is 1. The molecule has 0 saturated carbocycles. The second-order valence-corrected chi connectivity index (χ2v) is 11.8. The Bertz CT molecular complexity index is 1110. The number of hydrogen-bond acceptors (Lipinski definition) is 13. The van der Waals surface area contributed by atoms with Crippen LogP contribution in [0.4, 0.5) is 5.82 Å². The number of aliphatic hydroxyl groups is 2. The van der Waals surface area contributed by atoms with Gasteiger partial charge in [-0.1, -0.05) is 0 Å². The summed E-state index contributed by atoms with van der Waals surface area (Å²) in [7, 11) is -10.9. The summed E-state index contributed by atoms with van der Waals surface area (Å²) in [5, 5.41) is 20.5. The van der Waals surface area contributed by atoms with E-state index in [1.54, 1.807) is 0 Å². The zero-order chi connectivity index (χ0) is 23.2. The van der Waals surface area contributed by atoms with E-state index in [-0.39, 0.29) is 17.0 Å². The maximum Gasteiger partial charge on any atom is 0.488 e. The number of ether oxygens (including phenoxy) is 1. The predicted octanol–water partition coefficient (Wildman–Crippen LogP) is -1.51. The third-order valence-electron chi connectivity index (χ3n) is 3.82. The highest BCUT2D eigenvalue weighted by molar-refractivity contribution is 8.08. The average Bonchev–Trinajstić information content (AvgIpc) is 3.13. The van der Waals surface area contributed by atoms with Gasteiger partial charge in [-0.05, 0) is 11.8 Å². The van der Waals surface area contributed by atoms with E-state index >= 15 is 0 Å². The zero-order valence-electron chi connectivity index (χ0n) is 14.9. The van der Waals surface area contributed by atoms with Crippen LogP contribution in [0.25, 0.3) is 11.2 Å². The van der Waals surface area contributed by atoms with Crippen molar-refractivity contribution >= 4 is 51.2 Å². The van der Waals surface area contributed by atoms with Crippen molar-refractivity contribution < 1.29 is 56.8 Å². The summed E-state index contributed by atoms with van der Waals surface area (Å²) in [6.07, 6.45) is -3.26. The summed E-state index contributed by atoms with van der Waals surface area (Å²) in [6.45, 7) is -5.35. The van der Waals surface area contributed by atoms with E-state index in [2.05, 4.69) is 35.4 Å². The topological polar surface area (TPSA) is 262 Å². The second-order valence-electron chi connectivity index (χ2n) is 6.02. The highest BCUT2D eigenvalue weighted by Gasteiger charge is 2.46. The van der Waals surface area contributed by atoms with Crippen molar-refractivity contribution in [1.29, 1.82) is 0 Å². The van der Waals surface area contributed by atoms with Crippen LogP contribution < -0.4 is 5.73 Å². The van der Waals surface area contributed by atoms with Crippen LogP contribution in [0.3, 0.4) is 0 Å². The molecule has 6 unspecified atom stereocenters. The Labute approximate surface area is 177 Å². The van der Waals surface area contributed by atoms with Crippen LogP contribution in [0.5, 0.6) is 0 Å². The van der Waals surface area contributed by atoms with Crippen molar-refractivity contribution in [3.63, 3.8) is 0 Å². The van der Waals surface area contributed by atoms with Gasteiger partial charge in [0.05, 0.1) is 12.9 Å². The molecule has 2 aromatic heterocycles. The van der Waals surface area contributed by atoms with Gasteiger partial charge in [0, 0.05) is 0 Å². The fraction of sp³-hybridized carbons (Fsp3) is 0.500. The lowest BCUT2D eigenvalue weighted by Crippen LogP contribution is -2.33. The molecule has 0 aromatic carbocycles. The van der Waals surface area contributed by atoms with Crippen molar-refractivity contribution in [2.45, 2.75) is 24.5 Å². The molecule has 0 spiro atoms. The minimum absolute atomic E-state index is 0.0701. The van der Waals surface area contributed by atoms with Crippen LogP contribution in [0.1, 0.15) is 6.23 Å². The van der Waals surface area contributed by atoms with E-state index in [0.29, 0.717) is 0 Å². The number of anilines is 1. The normalized spacial score (nSPS) is 28.5. The Balaban J connectivity index is 1.69. The molecule has 8 N–H and O–H groups in total. The smallest absolute Gasteiger partial charge is 0.387 e. The first-order chi connectivity index (χ1) is 14.2. The number of nitrogens with zero attached hydrogens (tertiary/aromatic N) is 4. The van der Waals surface area contributed by atoms with Gasteiger partial charge < -0.3 is 44.8 Å². The fourth-order valence-electron chi connectivity index (χ4n) is 2.62. The Morgan fingerprint density at radius 3 is 2.45 bits per heavy atom. The second kappa shape index (κ2) is 8.78. The lowest BCUT2D eigenvalue weighted by molar-refractivity contribution is -0.0486. The number of nitrogens with two attached hydrogens (primary N) is 1. The molecule has 2 aromatic rings. The monoisotopic (exact) mass is 526 g/mol. The lowest BCUT2D eigenvalue weighted by Gasteiger charge is -2.21. The van der Waals surface area contributed by atoms with Gasteiger partial charge in [-0.25, -0.2) is 28.4 Å². The van der Waals surface area contributed by atoms with Crippen LogP contribution in [-0.2, 0) is 38.8 Å². The van der Waals surface area contributed by atoms with E-state index in [4.69, 9.17) is 24.8 Å². The molecule has 174 valence electrons. The number of imidazole rings is 1. The van der Waals surface area contributed by atoms with Gasteiger partial charge >= 0.3 is 22.4 Å².